The topological polar surface area (TPSA) is 130 Å². The van der Waals surface area contributed by atoms with Gasteiger partial charge in [0.05, 0.1) is 13.2 Å². The molecule has 0 saturated carbocycles. The van der Waals surface area contributed by atoms with Crippen molar-refractivity contribution in [1.82, 2.24) is 0 Å². The summed E-state index contributed by atoms with van der Waals surface area (Å²) in [7, 11) is 5.21. The fourth-order valence-corrected chi connectivity index (χ4v) is 0.998. The van der Waals surface area contributed by atoms with E-state index >= 15 is 0 Å². The van der Waals surface area contributed by atoms with E-state index in [-0.39, 0.29) is 26.4 Å². The van der Waals surface area contributed by atoms with Crippen molar-refractivity contribution in [1.29, 1.82) is 0 Å². The predicted octanol–water partition coefficient (Wildman–Crippen LogP) is -1.72. The number of ether oxygens (including phenoxy) is 6. The second kappa shape index (κ2) is 16.1. The number of esters is 2. The molecule has 0 aliphatic carbocycles. The van der Waals surface area contributed by atoms with Crippen molar-refractivity contribution in [2.75, 3.05) is 54.9 Å². The number of methoxy groups -OCH3 is 4. The number of aliphatic hydroxyl groups excluding tert-OH is 2. The van der Waals surface area contributed by atoms with E-state index in [9.17, 15) is 9.59 Å². The molecule has 0 unspecified atom stereocenters. The quantitative estimate of drug-likeness (QED) is 0.271. The summed E-state index contributed by atoms with van der Waals surface area (Å²) in [6.07, 6.45) is -2.18. The van der Waals surface area contributed by atoms with Gasteiger partial charge in [-0.25, -0.2) is 9.59 Å². The molecule has 0 heterocycles. The Hall–Kier alpha value is -1.30. The lowest BCUT2D eigenvalue weighted by Crippen LogP contribution is -2.30. The highest BCUT2D eigenvalue weighted by Gasteiger charge is 2.20. The second-order valence-electron chi connectivity index (χ2n) is 3.39. The highest BCUT2D eigenvalue weighted by molar-refractivity contribution is 5.74. The summed E-state index contributed by atoms with van der Waals surface area (Å²) in [5.41, 5.74) is 0. The zero-order valence-corrected chi connectivity index (χ0v) is 13.1. The number of hydrogen-bond donors (Lipinski definition) is 2. The van der Waals surface area contributed by atoms with Gasteiger partial charge in [-0.1, -0.05) is 0 Å². The molecule has 10 heteroatoms. The Morgan fingerprint density at radius 1 is 0.727 bits per heavy atom. The summed E-state index contributed by atoms with van der Waals surface area (Å²) in [5, 5.41) is 15.2. The summed E-state index contributed by atoms with van der Waals surface area (Å²) in [5.74, 6) is -1.41. The van der Waals surface area contributed by atoms with Crippen LogP contribution >= 0.6 is 0 Å². The third kappa shape index (κ3) is 11.4. The fraction of sp³-hybridized carbons (Fsp3) is 0.833. The van der Waals surface area contributed by atoms with Crippen molar-refractivity contribution in [2.45, 2.75) is 12.6 Å². The molecule has 0 aliphatic rings. The molecule has 0 aliphatic heterocycles. The smallest absolute Gasteiger partial charge is 0.363 e. The molecule has 22 heavy (non-hydrogen) atoms. The van der Waals surface area contributed by atoms with Crippen LogP contribution in [0.3, 0.4) is 0 Å². The first-order valence-corrected chi connectivity index (χ1v) is 6.18. The minimum absolute atomic E-state index is 0.117. The molecule has 10 nitrogen and oxygen atoms in total. The van der Waals surface area contributed by atoms with E-state index in [1.54, 1.807) is 0 Å². The molecule has 0 radical (unpaired) electrons. The van der Waals surface area contributed by atoms with Gasteiger partial charge in [0.1, 0.15) is 13.2 Å². The number of aliphatic hydroxyl groups is 2. The van der Waals surface area contributed by atoms with Crippen LogP contribution in [0, 0.1) is 0 Å². The molecule has 0 bridgehead atoms. The van der Waals surface area contributed by atoms with Crippen molar-refractivity contribution < 1.29 is 48.2 Å². The Labute approximate surface area is 128 Å². The van der Waals surface area contributed by atoms with Crippen LogP contribution in [0.5, 0.6) is 0 Å². The highest BCUT2D eigenvalue weighted by atomic mass is 16.7. The Morgan fingerprint density at radius 3 is 1.18 bits per heavy atom. The van der Waals surface area contributed by atoms with E-state index in [1.165, 1.54) is 28.4 Å². The standard InChI is InChI=1S/C10H18O8.C2H6O2/c1-13-9(14-2)7(11)17-5-6-18-8(12)10(15-3)16-4;3-1-2-4/h9-10H,5-6H2,1-4H3;3-4H,1-2H2. The third-order valence-corrected chi connectivity index (χ3v) is 1.91. The molecule has 0 saturated heterocycles. The Balaban J connectivity index is 0. The average Bonchev–Trinajstić information content (AvgIpc) is 2.54. The number of rotatable bonds is 10. The van der Waals surface area contributed by atoms with Gasteiger partial charge in [0.15, 0.2) is 0 Å². The van der Waals surface area contributed by atoms with Gasteiger partial charge in [-0.05, 0) is 0 Å². The van der Waals surface area contributed by atoms with E-state index < -0.39 is 24.5 Å². The lowest BCUT2D eigenvalue weighted by Gasteiger charge is -2.14. The minimum atomic E-state index is -1.09. The first-order valence-electron chi connectivity index (χ1n) is 6.18. The number of carbonyl (C=O) groups is 2. The van der Waals surface area contributed by atoms with Gasteiger partial charge in [-0.2, -0.15) is 0 Å². The summed E-state index contributed by atoms with van der Waals surface area (Å²) >= 11 is 0. The van der Waals surface area contributed by atoms with Crippen molar-refractivity contribution in [2.24, 2.45) is 0 Å². The van der Waals surface area contributed by atoms with Gasteiger partial charge in [0.25, 0.3) is 12.6 Å². The first kappa shape index (κ1) is 23.0. The Kier molecular flexibility index (Phi) is 16.8. The molecule has 0 atom stereocenters. The molecule has 2 N–H and O–H groups in total. The van der Waals surface area contributed by atoms with Gasteiger partial charge in [0, 0.05) is 28.4 Å². The van der Waals surface area contributed by atoms with Crippen LogP contribution in [-0.2, 0) is 38.0 Å². The maximum Gasteiger partial charge on any atom is 0.363 e. The second-order valence-corrected chi connectivity index (χ2v) is 3.39. The molecular formula is C12H24O10. The molecule has 0 fully saturated rings. The van der Waals surface area contributed by atoms with Crippen LogP contribution < -0.4 is 0 Å². The SMILES string of the molecule is COC(OC)C(=O)OCCOC(=O)C(OC)OC.OCCO. The largest absolute Gasteiger partial charge is 0.458 e. The van der Waals surface area contributed by atoms with Crippen molar-refractivity contribution in [3.05, 3.63) is 0 Å². The summed E-state index contributed by atoms with van der Waals surface area (Å²) in [6.45, 7) is -0.484. The van der Waals surface area contributed by atoms with Crippen molar-refractivity contribution >= 4 is 11.9 Å². The summed E-state index contributed by atoms with van der Waals surface area (Å²) < 4.78 is 28.1. The third-order valence-electron chi connectivity index (χ3n) is 1.91. The van der Waals surface area contributed by atoms with Crippen LogP contribution in [0.4, 0.5) is 0 Å². The van der Waals surface area contributed by atoms with E-state index in [0.717, 1.165) is 0 Å². The number of hydrogen-bond acceptors (Lipinski definition) is 10. The molecule has 0 spiro atoms. The maximum atomic E-state index is 11.2. The zero-order chi connectivity index (χ0) is 17.4. The van der Waals surface area contributed by atoms with Gasteiger partial charge >= 0.3 is 11.9 Å². The van der Waals surface area contributed by atoms with Gasteiger partial charge in [-0.3, -0.25) is 0 Å². The average molecular weight is 328 g/mol. The van der Waals surface area contributed by atoms with Gasteiger partial charge in [-0.15, -0.1) is 0 Å². The van der Waals surface area contributed by atoms with Crippen LogP contribution in [0.25, 0.3) is 0 Å². The maximum absolute atomic E-state index is 11.2. The number of carbonyl (C=O) groups excluding carboxylic acids is 2. The van der Waals surface area contributed by atoms with E-state index in [2.05, 4.69) is 18.9 Å². The monoisotopic (exact) mass is 328 g/mol. The van der Waals surface area contributed by atoms with Crippen LogP contribution in [0.1, 0.15) is 0 Å². The van der Waals surface area contributed by atoms with Crippen LogP contribution in [-0.4, -0.2) is 89.6 Å². The summed E-state index contributed by atoms with van der Waals surface area (Å²) in [4.78, 5) is 22.5. The van der Waals surface area contributed by atoms with Crippen molar-refractivity contribution in [3.63, 3.8) is 0 Å². The molecule has 0 aromatic carbocycles. The fourth-order valence-electron chi connectivity index (χ4n) is 0.998. The Morgan fingerprint density at radius 2 is 1.00 bits per heavy atom. The van der Waals surface area contributed by atoms with Gasteiger partial charge in [0.2, 0.25) is 0 Å². The van der Waals surface area contributed by atoms with E-state index in [1.807, 2.05) is 0 Å². The summed E-state index contributed by atoms with van der Waals surface area (Å²) in [6, 6.07) is 0. The molecule has 0 rings (SSSR count). The van der Waals surface area contributed by atoms with Crippen LogP contribution in [0.15, 0.2) is 0 Å². The molecule has 0 aromatic heterocycles. The van der Waals surface area contributed by atoms with E-state index in [0.29, 0.717) is 0 Å². The Bertz CT molecular complexity index is 247. The van der Waals surface area contributed by atoms with Crippen LogP contribution in [0.2, 0.25) is 0 Å². The lowest BCUT2D eigenvalue weighted by molar-refractivity contribution is -0.191. The molecule has 0 amide bonds. The molecule has 0 aromatic rings. The molecule has 132 valence electrons. The predicted molar refractivity (Wildman–Crippen MR) is 71.7 cm³/mol. The normalized spacial score (nSPS) is 10.2. The minimum Gasteiger partial charge on any atom is -0.458 e. The first-order chi connectivity index (χ1) is 10.5. The lowest BCUT2D eigenvalue weighted by atomic mass is 10.6. The van der Waals surface area contributed by atoms with Crippen molar-refractivity contribution in [3.8, 4) is 0 Å². The zero-order valence-electron chi connectivity index (χ0n) is 13.1. The van der Waals surface area contributed by atoms with E-state index in [4.69, 9.17) is 19.7 Å². The molecular weight excluding hydrogens is 304 g/mol. The highest BCUT2D eigenvalue weighted by Crippen LogP contribution is 1.97. The van der Waals surface area contributed by atoms with Gasteiger partial charge < -0.3 is 38.6 Å².